The average Bonchev–Trinajstić information content (AvgIpc) is 2.97. The van der Waals surface area contributed by atoms with E-state index in [2.05, 4.69) is 33.2 Å². The van der Waals surface area contributed by atoms with Crippen LogP contribution in [-0.2, 0) is 5.41 Å². The van der Waals surface area contributed by atoms with Gasteiger partial charge in [-0.05, 0) is 30.5 Å². The van der Waals surface area contributed by atoms with Gasteiger partial charge in [0.1, 0.15) is 0 Å². The highest BCUT2D eigenvalue weighted by molar-refractivity contribution is 9.10. The molecule has 0 spiro atoms. The maximum Gasteiger partial charge on any atom is 0.170 e. The van der Waals surface area contributed by atoms with Gasteiger partial charge in [0.25, 0.3) is 0 Å². The Bertz CT molecular complexity index is 514. The lowest BCUT2D eigenvalue weighted by Crippen LogP contribution is -2.09. The maximum atomic E-state index is 5.87. The monoisotopic (exact) mass is 278 g/mol. The van der Waals surface area contributed by atoms with Crippen molar-refractivity contribution in [3.63, 3.8) is 0 Å². The maximum absolute atomic E-state index is 5.87. The highest BCUT2D eigenvalue weighted by Gasteiger charge is 2.50. The molecule has 0 radical (unpaired) electrons. The van der Waals surface area contributed by atoms with Crippen LogP contribution in [0.5, 0.6) is 0 Å². The minimum Gasteiger partial charge on any atom is -0.395 e. The minimum atomic E-state index is -0.0265. The number of nitrogens with two attached hydrogens (primary N) is 1. The van der Waals surface area contributed by atoms with Gasteiger partial charge in [-0.15, -0.1) is 0 Å². The molecule has 4 heteroatoms. The van der Waals surface area contributed by atoms with Crippen molar-refractivity contribution in [2.75, 3.05) is 5.73 Å². The van der Waals surface area contributed by atoms with Crippen LogP contribution in [0.15, 0.2) is 39.5 Å². The molecule has 3 rings (SSSR count). The molecule has 0 amide bonds. The zero-order valence-electron chi connectivity index (χ0n) is 8.61. The summed E-state index contributed by atoms with van der Waals surface area (Å²) in [4.78, 5) is 0. The molecule has 1 saturated carbocycles. The van der Waals surface area contributed by atoms with Crippen LogP contribution in [0.3, 0.4) is 0 Å². The number of hydrogen-bond donors (Lipinski definition) is 1. The summed E-state index contributed by atoms with van der Waals surface area (Å²) < 4.78 is 6.37. The van der Waals surface area contributed by atoms with Crippen LogP contribution >= 0.6 is 15.9 Å². The molecule has 1 aliphatic carbocycles. The quantitative estimate of drug-likeness (QED) is 0.919. The van der Waals surface area contributed by atoms with Crippen LogP contribution in [0.2, 0.25) is 0 Å². The first kappa shape index (κ1) is 9.90. The van der Waals surface area contributed by atoms with Gasteiger partial charge in [-0.1, -0.05) is 33.2 Å². The Kier molecular flexibility index (Phi) is 2.07. The molecule has 2 N–H and O–H groups in total. The predicted octanol–water partition coefficient (Wildman–Crippen LogP) is 3.10. The Morgan fingerprint density at radius 1 is 1.25 bits per heavy atom. The van der Waals surface area contributed by atoms with Crippen LogP contribution < -0.4 is 5.73 Å². The third kappa shape index (κ3) is 1.37. The lowest BCUT2D eigenvalue weighted by atomic mass is 9.93. The summed E-state index contributed by atoms with van der Waals surface area (Å²) in [6.45, 7) is 0. The van der Waals surface area contributed by atoms with Crippen molar-refractivity contribution in [1.29, 1.82) is 0 Å². The van der Waals surface area contributed by atoms with E-state index in [1.807, 2.05) is 12.1 Å². The van der Waals surface area contributed by atoms with Crippen LogP contribution in [-0.4, -0.2) is 5.16 Å². The van der Waals surface area contributed by atoms with Gasteiger partial charge in [0.05, 0.1) is 17.3 Å². The molecule has 2 aromatic rings. The highest BCUT2D eigenvalue weighted by Crippen LogP contribution is 2.55. The summed E-state index contributed by atoms with van der Waals surface area (Å²) in [7, 11) is 0. The van der Waals surface area contributed by atoms with E-state index in [-0.39, 0.29) is 5.41 Å². The number of halogens is 1. The van der Waals surface area contributed by atoms with Gasteiger partial charge in [0, 0.05) is 4.47 Å². The fourth-order valence-corrected chi connectivity index (χ4v) is 2.42. The van der Waals surface area contributed by atoms with E-state index in [1.165, 1.54) is 5.56 Å². The van der Waals surface area contributed by atoms with Crippen molar-refractivity contribution in [3.05, 3.63) is 46.3 Å². The summed E-state index contributed by atoms with van der Waals surface area (Å²) >= 11 is 3.44. The van der Waals surface area contributed by atoms with Crippen molar-refractivity contribution in [1.82, 2.24) is 5.16 Å². The van der Waals surface area contributed by atoms with Crippen molar-refractivity contribution in [2.45, 2.75) is 18.3 Å². The molecule has 0 saturated heterocycles. The van der Waals surface area contributed by atoms with E-state index in [0.29, 0.717) is 5.69 Å². The Hall–Kier alpha value is -1.29. The van der Waals surface area contributed by atoms with Gasteiger partial charge in [-0.25, -0.2) is 0 Å². The van der Waals surface area contributed by atoms with Gasteiger partial charge in [-0.2, -0.15) is 0 Å². The molecule has 1 aromatic carbocycles. The van der Waals surface area contributed by atoms with Gasteiger partial charge in [-0.3, -0.25) is 0 Å². The Balaban J connectivity index is 2.06. The van der Waals surface area contributed by atoms with Gasteiger partial charge >= 0.3 is 0 Å². The molecule has 16 heavy (non-hydrogen) atoms. The Morgan fingerprint density at radius 3 is 2.44 bits per heavy atom. The summed E-state index contributed by atoms with van der Waals surface area (Å²) in [5, 5.41) is 3.76. The minimum absolute atomic E-state index is 0.0265. The van der Waals surface area contributed by atoms with Crippen molar-refractivity contribution >= 4 is 21.6 Å². The smallest absolute Gasteiger partial charge is 0.170 e. The number of anilines is 1. The van der Waals surface area contributed by atoms with Crippen molar-refractivity contribution in [3.8, 4) is 0 Å². The molecular formula is C12H11BrN2O. The van der Waals surface area contributed by atoms with E-state index in [4.69, 9.17) is 10.3 Å². The lowest BCUT2D eigenvalue weighted by molar-refractivity contribution is 0.367. The fourth-order valence-electron chi connectivity index (χ4n) is 2.15. The van der Waals surface area contributed by atoms with Gasteiger partial charge < -0.3 is 10.3 Å². The zero-order chi connectivity index (χ0) is 11.2. The molecule has 82 valence electrons. The molecule has 0 atom stereocenters. The molecular weight excluding hydrogens is 268 g/mol. The molecule has 0 aliphatic heterocycles. The summed E-state index contributed by atoms with van der Waals surface area (Å²) in [5.74, 6) is 0.815. The van der Waals surface area contributed by atoms with Crippen molar-refractivity contribution < 1.29 is 4.52 Å². The van der Waals surface area contributed by atoms with Gasteiger partial charge in [0.2, 0.25) is 0 Å². The number of benzene rings is 1. The Labute approximate surface area is 102 Å². The molecule has 0 unspecified atom stereocenters. The lowest BCUT2D eigenvalue weighted by Gasteiger charge is -2.12. The molecule has 3 nitrogen and oxygen atoms in total. The third-order valence-electron chi connectivity index (χ3n) is 3.18. The van der Waals surface area contributed by atoms with E-state index >= 15 is 0 Å². The number of aromatic nitrogens is 1. The van der Waals surface area contributed by atoms with Crippen LogP contribution in [0.1, 0.15) is 24.2 Å². The van der Waals surface area contributed by atoms with E-state index in [9.17, 15) is 0 Å². The first-order valence-electron chi connectivity index (χ1n) is 5.19. The second kappa shape index (κ2) is 3.35. The summed E-state index contributed by atoms with van der Waals surface area (Å²) in [6, 6.07) is 8.31. The number of nitrogens with zero attached hydrogens (tertiary/aromatic N) is 1. The second-order valence-corrected chi connectivity index (χ2v) is 5.11. The zero-order valence-corrected chi connectivity index (χ0v) is 10.2. The highest BCUT2D eigenvalue weighted by atomic mass is 79.9. The Morgan fingerprint density at radius 2 is 1.94 bits per heavy atom. The molecule has 0 bridgehead atoms. The first-order valence-corrected chi connectivity index (χ1v) is 5.98. The van der Waals surface area contributed by atoms with E-state index < -0.39 is 0 Å². The largest absolute Gasteiger partial charge is 0.395 e. The normalized spacial score (nSPS) is 17.3. The summed E-state index contributed by atoms with van der Waals surface area (Å²) in [5.41, 5.74) is 7.74. The molecule has 1 heterocycles. The molecule has 1 fully saturated rings. The SMILES string of the molecule is Nc1cnoc1C1(c2ccc(Br)cc2)CC1. The van der Waals surface area contributed by atoms with Crippen LogP contribution in [0.4, 0.5) is 5.69 Å². The predicted molar refractivity (Wildman–Crippen MR) is 65.1 cm³/mol. The topological polar surface area (TPSA) is 52.0 Å². The van der Waals surface area contributed by atoms with Crippen LogP contribution in [0, 0.1) is 0 Å². The fraction of sp³-hybridized carbons (Fsp3) is 0.250. The molecule has 1 aliphatic rings. The van der Waals surface area contributed by atoms with Gasteiger partial charge in [0.15, 0.2) is 5.76 Å². The van der Waals surface area contributed by atoms with E-state index in [0.717, 1.165) is 23.1 Å². The molecule has 1 aromatic heterocycles. The van der Waals surface area contributed by atoms with Crippen LogP contribution in [0.25, 0.3) is 0 Å². The van der Waals surface area contributed by atoms with Crippen molar-refractivity contribution in [2.24, 2.45) is 0 Å². The van der Waals surface area contributed by atoms with E-state index in [1.54, 1.807) is 6.20 Å². The third-order valence-corrected chi connectivity index (χ3v) is 3.71. The average molecular weight is 279 g/mol. The standard InChI is InChI=1S/C12H11BrN2O/c13-9-3-1-8(2-4-9)12(5-6-12)11-10(14)7-15-16-11/h1-4,7H,5-6,14H2. The number of hydrogen-bond acceptors (Lipinski definition) is 3. The number of rotatable bonds is 2. The number of nitrogen functional groups attached to an aromatic ring is 1. The second-order valence-electron chi connectivity index (χ2n) is 4.20. The first-order chi connectivity index (χ1) is 7.72. The summed E-state index contributed by atoms with van der Waals surface area (Å²) in [6.07, 6.45) is 3.73.